The average Bonchev–Trinajstić information content (AvgIpc) is 2.80. The zero-order valence-electron chi connectivity index (χ0n) is 10.4. The summed E-state index contributed by atoms with van der Waals surface area (Å²) in [4.78, 5) is 22.4. The number of likely N-dealkylation sites (tertiary alicyclic amines) is 1. The number of nitrogens with zero attached hydrogens (tertiary/aromatic N) is 4. The van der Waals surface area contributed by atoms with E-state index in [1.165, 1.54) is 0 Å². The second-order valence-electron chi connectivity index (χ2n) is 4.76. The Balaban J connectivity index is 2.17. The molecule has 1 unspecified atom stereocenters. The molecule has 2 aromatic heterocycles. The first-order valence-electron chi connectivity index (χ1n) is 5.93. The standard InChI is InChI=1S/C12H15N5O/c1-7-5-8-10(14-6-7)17(12(13)15-8)9-3-4-16(2)11(9)18/h5-6,9H,3-4H2,1-2H3,(H2,13,15). The lowest BCUT2D eigenvalue weighted by Crippen LogP contribution is -2.25. The number of carbonyl (C=O) groups is 1. The monoisotopic (exact) mass is 245 g/mol. The number of nitrogens with two attached hydrogens (primary N) is 1. The molecular weight excluding hydrogens is 230 g/mol. The summed E-state index contributed by atoms with van der Waals surface area (Å²) < 4.78 is 1.75. The van der Waals surface area contributed by atoms with E-state index in [2.05, 4.69) is 9.97 Å². The summed E-state index contributed by atoms with van der Waals surface area (Å²) in [6, 6.07) is 1.66. The Bertz CT molecular complexity index is 633. The van der Waals surface area contributed by atoms with Gasteiger partial charge in [0.2, 0.25) is 11.9 Å². The molecule has 0 spiro atoms. The van der Waals surface area contributed by atoms with E-state index in [9.17, 15) is 4.79 Å². The van der Waals surface area contributed by atoms with Crippen LogP contribution in [0.5, 0.6) is 0 Å². The molecule has 3 heterocycles. The van der Waals surface area contributed by atoms with Gasteiger partial charge in [-0.2, -0.15) is 0 Å². The quantitative estimate of drug-likeness (QED) is 0.803. The molecule has 0 saturated carbocycles. The number of rotatable bonds is 1. The van der Waals surface area contributed by atoms with E-state index in [1.54, 1.807) is 22.7 Å². The molecule has 1 atom stereocenters. The normalized spacial score (nSPS) is 20.0. The van der Waals surface area contributed by atoms with E-state index < -0.39 is 0 Å². The van der Waals surface area contributed by atoms with Gasteiger partial charge in [0, 0.05) is 19.8 Å². The largest absolute Gasteiger partial charge is 0.369 e. The maximum atomic E-state index is 12.1. The summed E-state index contributed by atoms with van der Waals surface area (Å²) in [5.74, 6) is 0.431. The van der Waals surface area contributed by atoms with Crippen LogP contribution in [0.25, 0.3) is 11.2 Å². The van der Waals surface area contributed by atoms with Gasteiger partial charge in [0.1, 0.15) is 11.6 Å². The number of carbonyl (C=O) groups excluding carboxylic acids is 1. The molecule has 2 N–H and O–H groups in total. The van der Waals surface area contributed by atoms with Gasteiger partial charge in [0.25, 0.3) is 0 Å². The van der Waals surface area contributed by atoms with Gasteiger partial charge in [-0.05, 0) is 25.0 Å². The molecule has 6 nitrogen and oxygen atoms in total. The van der Waals surface area contributed by atoms with Crippen molar-refractivity contribution in [2.45, 2.75) is 19.4 Å². The lowest BCUT2D eigenvalue weighted by Gasteiger charge is -2.13. The number of aromatic nitrogens is 3. The van der Waals surface area contributed by atoms with Crippen LogP contribution in [0.1, 0.15) is 18.0 Å². The first-order valence-corrected chi connectivity index (χ1v) is 5.93. The zero-order valence-corrected chi connectivity index (χ0v) is 10.4. The van der Waals surface area contributed by atoms with Crippen molar-refractivity contribution >= 4 is 23.0 Å². The minimum atomic E-state index is -0.268. The Kier molecular flexibility index (Phi) is 2.26. The third-order valence-electron chi connectivity index (χ3n) is 3.40. The Hall–Kier alpha value is -2.11. The van der Waals surface area contributed by atoms with E-state index in [-0.39, 0.29) is 11.9 Å². The van der Waals surface area contributed by atoms with Crippen LogP contribution in [0.15, 0.2) is 12.3 Å². The van der Waals surface area contributed by atoms with Crippen molar-refractivity contribution in [1.29, 1.82) is 0 Å². The van der Waals surface area contributed by atoms with Crippen molar-refractivity contribution in [1.82, 2.24) is 19.4 Å². The molecule has 18 heavy (non-hydrogen) atoms. The second kappa shape index (κ2) is 3.69. The maximum absolute atomic E-state index is 12.1. The van der Waals surface area contributed by atoms with Crippen molar-refractivity contribution in [3.63, 3.8) is 0 Å². The zero-order chi connectivity index (χ0) is 12.9. The summed E-state index contributed by atoms with van der Waals surface area (Å²) >= 11 is 0. The van der Waals surface area contributed by atoms with E-state index in [1.807, 2.05) is 13.0 Å². The smallest absolute Gasteiger partial charge is 0.245 e. The van der Waals surface area contributed by atoms with Gasteiger partial charge in [-0.3, -0.25) is 9.36 Å². The minimum absolute atomic E-state index is 0.0726. The van der Waals surface area contributed by atoms with E-state index in [0.717, 1.165) is 24.0 Å². The van der Waals surface area contributed by atoms with Gasteiger partial charge in [-0.15, -0.1) is 0 Å². The molecule has 0 bridgehead atoms. The molecule has 0 radical (unpaired) electrons. The highest BCUT2D eigenvalue weighted by atomic mass is 16.2. The molecule has 1 fully saturated rings. The van der Waals surface area contributed by atoms with Crippen LogP contribution in [-0.2, 0) is 4.79 Å². The molecule has 0 aromatic carbocycles. The van der Waals surface area contributed by atoms with Gasteiger partial charge in [0.15, 0.2) is 5.65 Å². The molecule has 1 aliphatic heterocycles. The topological polar surface area (TPSA) is 77.0 Å². The van der Waals surface area contributed by atoms with Gasteiger partial charge < -0.3 is 10.6 Å². The van der Waals surface area contributed by atoms with Crippen LogP contribution in [-0.4, -0.2) is 38.9 Å². The van der Waals surface area contributed by atoms with Gasteiger partial charge in [-0.25, -0.2) is 9.97 Å². The number of imidazole rings is 1. The molecular formula is C12H15N5O. The van der Waals surface area contributed by atoms with Gasteiger partial charge in [-0.1, -0.05) is 0 Å². The third-order valence-corrected chi connectivity index (χ3v) is 3.40. The number of fused-ring (bicyclic) bond motifs is 1. The highest BCUT2D eigenvalue weighted by Crippen LogP contribution is 2.28. The second-order valence-corrected chi connectivity index (χ2v) is 4.76. The van der Waals surface area contributed by atoms with Crippen molar-refractivity contribution in [2.24, 2.45) is 0 Å². The summed E-state index contributed by atoms with van der Waals surface area (Å²) in [7, 11) is 1.80. The summed E-state index contributed by atoms with van der Waals surface area (Å²) in [6.45, 7) is 2.70. The molecule has 6 heteroatoms. The van der Waals surface area contributed by atoms with Gasteiger partial charge >= 0.3 is 0 Å². The van der Waals surface area contributed by atoms with Crippen LogP contribution in [0.3, 0.4) is 0 Å². The van der Waals surface area contributed by atoms with Crippen molar-refractivity contribution in [3.8, 4) is 0 Å². The van der Waals surface area contributed by atoms with Crippen molar-refractivity contribution in [3.05, 3.63) is 17.8 Å². The summed E-state index contributed by atoms with van der Waals surface area (Å²) in [5, 5.41) is 0. The maximum Gasteiger partial charge on any atom is 0.245 e. The average molecular weight is 245 g/mol. The molecule has 1 aliphatic rings. The first kappa shape index (κ1) is 11.0. The van der Waals surface area contributed by atoms with E-state index >= 15 is 0 Å². The molecule has 2 aromatic rings. The Morgan fingerprint density at radius 2 is 2.28 bits per heavy atom. The van der Waals surface area contributed by atoms with Crippen molar-refractivity contribution in [2.75, 3.05) is 19.3 Å². The lowest BCUT2D eigenvalue weighted by atomic mass is 10.2. The number of amides is 1. The van der Waals surface area contributed by atoms with E-state index in [4.69, 9.17) is 5.73 Å². The summed E-state index contributed by atoms with van der Waals surface area (Å²) in [5.41, 5.74) is 8.39. The number of hydrogen-bond acceptors (Lipinski definition) is 4. The molecule has 3 rings (SSSR count). The molecule has 94 valence electrons. The fourth-order valence-electron chi connectivity index (χ4n) is 2.45. The van der Waals surface area contributed by atoms with Crippen LogP contribution in [0, 0.1) is 6.92 Å². The Morgan fingerprint density at radius 1 is 1.50 bits per heavy atom. The number of aryl methyl sites for hydroxylation is 1. The van der Waals surface area contributed by atoms with Gasteiger partial charge in [0.05, 0.1) is 0 Å². The Labute approximate surface area is 104 Å². The van der Waals surface area contributed by atoms with Crippen LogP contribution < -0.4 is 5.73 Å². The number of likely N-dealkylation sites (N-methyl/N-ethyl adjacent to an activating group) is 1. The lowest BCUT2D eigenvalue weighted by molar-refractivity contribution is -0.129. The van der Waals surface area contributed by atoms with E-state index in [0.29, 0.717) is 11.6 Å². The van der Waals surface area contributed by atoms with Crippen LogP contribution in [0.4, 0.5) is 5.95 Å². The predicted molar refractivity (Wildman–Crippen MR) is 68.0 cm³/mol. The predicted octanol–water partition coefficient (Wildman–Crippen LogP) is 0.725. The highest BCUT2D eigenvalue weighted by molar-refractivity contribution is 5.85. The fraction of sp³-hybridized carbons (Fsp3) is 0.417. The number of pyridine rings is 1. The number of nitrogen functional groups attached to an aromatic ring is 1. The van der Waals surface area contributed by atoms with Crippen LogP contribution >= 0.6 is 0 Å². The molecule has 0 aliphatic carbocycles. The SMILES string of the molecule is Cc1cnc2c(c1)nc(N)n2C1CCN(C)C1=O. The Morgan fingerprint density at radius 3 is 2.94 bits per heavy atom. The van der Waals surface area contributed by atoms with Crippen molar-refractivity contribution < 1.29 is 4.79 Å². The first-order chi connectivity index (χ1) is 8.58. The minimum Gasteiger partial charge on any atom is -0.369 e. The van der Waals surface area contributed by atoms with Crippen LogP contribution in [0.2, 0.25) is 0 Å². The third kappa shape index (κ3) is 1.45. The number of anilines is 1. The highest BCUT2D eigenvalue weighted by Gasteiger charge is 2.33. The molecule has 1 amide bonds. The fourth-order valence-corrected chi connectivity index (χ4v) is 2.45. The number of hydrogen-bond donors (Lipinski definition) is 1. The molecule has 1 saturated heterocycles. The summed E-state index contributed by atoms with van der Waals surface area (Å²) in [6.07, 6.45) is 2.52.